The van der Waals surface area contributed by atoms with E-state index in [0.717, 1.165) is 25.7 Å². The summed E-state index contributed by atoms with van der Waals surface area (Å²) in [5.41, 5.74) is 0. The molecular weight excluding hydrogens is 230 g/mol. The van der Waals surface area contributed by atoms with Crippen molar-refractivity contribution in [2.75, 3.05) is 6.61 Å². The molecule has 2 amide bonds. The van der Waals surface area contributed by atoms with E-state index in [0.29, 0.717) is 12.5 Å². The van der Waals surface area contributed by atoms with Gasteiger partial charge >= 0.3 is 6.09 Å². The number of amides is 2. The monoisotopic (exact) mass is 253 g/mol. The van der Waals surface area contributed by atoms with Crippen LogP contribution in [0, 0.1) is 5.92 Å². The Labute approximate surface area is 109 Å². The van der Waals surface area contributed by atoms with Crippen LogP contribution >= 0.6 is 0 Å². The molecule has 0 spiro atoms. The number of cyclic esters (lactones) is 1. The van der Waals surface area contributed by atoms with Gasteiger partial charge in [-0.15, -0.1) is 0 Å². The molecule has 0 bridgehead atoms. The Kier molecular flexibility index (Phi) is 5.89. The van der Waals surface area contributed by atoms with Crippen LogP contribution in [0.5, 0.6) is 0 Å². The molecule has 1 aliphatic heterocycles. The molecule has 102 valence electrons. The normalized spacial score (nSPS) is 21.4. The predicted octanol–water partition coefficient (Wildman–Crippen LogP) is 3.13. The maximum atomic E-state index is 12.0. The van der Waals surface area contributed by atoms with Crippen molar-refractivity contribution in [3.05, 3.63) is 12.2 Å². The van der Waals surface area contributed by atoms with Gasteiger partial charge in [0.15, 0.2) is 0 Å². The second-order valence-electron chi connectivity index (χ2n) is 4.62. The lowest BCUT2D eigenvalue weighted by Gasteiger charge is -2.25. The Morgan fingerprint density at radius 2 is 2.22 bits per heavy atom. The van der Waals surface area contributed by atoms with Gasteiger partial charge in [0.2, 0.25) is 0 Å². The lowest BCUT2D eigenvalue weighted by atomic mass is 9.92. The van der Waals surface area contributed by atoms with E-state index in [2.05, 4.69) is 13.8 Å². The SMILES string of the molecule is CC/C=C/C(=O)N1C(=O)OC[C@H]1C(CC)CCC. The Bertz CT molecular complexity index is 325. The number of carbonyl (C=O) groups is 2. The molecule has 0 radical (unpaired) electrons. The lowest BCUT2D eigenvalue weighted by Crippen LogP contribution is -2.42. The van der Waals surface area contributed by atoms with Crippen LogP contribution < -0.4 is 0 Å². The maximum absolute atomic E-state index is 12.0. The van der Waals surface area contributed by atoms with Gasteiger partial charge in [0.25, 0.3) is 5.91 Å². The Morgan fingerprint density at radius 3 is 2.78 bits per heavy atom. The van der Waals surface area contributed by atoms with E-state index in [1.54, 1.807) is 6.08 Å². The van der Waals surface area contributed by atoms with Crippen LogP contribution in [-0.4, -0.2) is 29.5 Å². The van der Waals surface area contributed by atoms with Crippen LogP contribution in [0.15, 0.2) is 12.2 Å². The van der Waals surface area contributed by atoms with Gasteiger partial charge in [-0.25, -0.2) is 9.69 Å². The second kappa shape index (κ2) is 7.19. The van der Waals surface area contributed by atoms with Crippen molar-refractivity contribution < 1.29 is 14.3 Å². The summed E-state index contributed by atoms with van der Waals surface area (Å²) in [5, 5.41) is 0. The molecule has 4 nitrogen and oxygen atoms in total. The van der Waals surface area contributed by atoms with Gasteiger partial charge in [0.05, 0.1) is 6.04 Å². The van der Waals surface area contributed by atoms with E-state index in [4.69, 9.17) is 4.74 Å². The molecule has 2 atom stereocenters. The molecule has 1 fully saturated rings. The van der Waals surface area contributed by atoms with Gasteiger partial charge in [0.1, 0.15) is 6.61 Å². The topological polar surface area (TPSA) is 46.6 Å². The fourth-order valence-corrected chi connectivity index (χ4v) is 2.37. The molecule has 1 saturated heterocycles. The second-order valence-corrected chi connectivity index (χ2v) is 4.62. The van der Waals surface area contributed by atoms with Crippen LogP contribution in [0.1, 0.15) is 46.5 Å². The van der Waals surface area contributed by atoms with Crippen molar-refractivity contribution in [1.29, 1.82) is 0 Å². The minimum atomic E-state index is -0.500. The summed E-state index contributed by atoms with van der Waals surface area (Å²) in [5.74, 6) is 0.0827. The zero-order valence-electron chi connectivity index (χ0n) is 11.5. The predicted molar refractivity (Wildman–Crippen MR) is 70.1 cm³/mol. The average molecular weight is 253 g/mol. The number of nitrogens with zero attached hydrogens (tertiary/aromatic N) is 1. The summed E-state index contributed by atoms with van der Waals surface area (Å²) >= 11 is 0. The number of carbonyl (C=O) groups excluding carboxylic acids is 2. The minimum absolute atomic E-state index is 0.101. The van der Waals surface area contributed by atoms with Crippen LogP contribution in [0.4, 0.5) is 4.79 Å². The first-order chi connectivity index (χ1) is 8.65. The first-order valence-corrected chi connectivity index (χ1v) is 6.82. The van der Waals surface area contributed by atoms with Gasteiger partial charge in [0, 0.05) is 0 Å². The molecule has 1 aliphatic rings. The summed E-state index contributed by atoms with van der Waals surface area (Å²) in [7, 11) is 0. The molecule has 0 aromatic rings. The molecule has 0 aromatic carbocycles. The number of hydrogen-bond acceptors (Lipinski definition) is 3. The largest absolute Gasteiger partial charge is 0.447 e. The molecule has 0 aliphatic carbocycles. The summed E-state index contributed by atoms with van der Waals surface area (Å²) in [6, 6.07) is -0.101. The third kappa shape index (κ3) is 3.34. The summed E-state index contributed by atoms with van der Waals surface area (Å²) in [6.07, 6.45) is 6.54. The molecule has 1 rings (SSSR count). The number of allylic oxidation sites excluding steroid dienone is 1. The fraction of sp³-hybridized carbons (Fsp3) is 0.714. The summed E-state index contributed by atoms with van der Waals surface area (Å²) in [4.78, 5) is 24.9. The molecule has 0 aromatic heterocycles. The molecular formula is C14H23NO3. The molecule has 0 N–H and O–H groups in total. The van der Waals surface area contributed by atoms with Gasteiger partial charge < -0.3 is 4.74 Å². The van der Waals surface area contributed by atoms with E-state index in [1.807, 2.05) is 6.92 Å². The van der Waals surface area contributed by atoms with E-state index in [1.165, 1.54) is 11.0 Å². The highest BCUT2D eigenvalue weighted by atomic mass is 16.6. The highest BCUT2D eigenvalue weighted by Gasteiger charge is 2.40. The van der Waals surface area contributed by atoms with Gasteiger partial charge in [-0.3, -0.25) is 4.79 Å². The molecule has 1 unspecified atom stereocenters. The van der Waals surface area contributed by atoms with Crippen LogP contribution in [0.2, 0.25) is 0 Å². The number of ether oxygens (including phenoxy) is 1. The first-order valence-electron chi connectivity index (χ1n) is 6.82. The minimum Gasteiger partial charge on any atom is -0.447 e. The maximum Gasteiger partial charge on any atom is 0.417 e. The van der Waals surface area contributed by atoms with Crippen molar-refractivity contribution in [2.24, 2.45) is 5.92 Å². The molecule has 1 heterocycles. The number of imide groups is 1. The molecule has 18 heavy (non-hydrogen) atoms. The van der Waals surface area contributed by atoms with Crippen molar-refractivity contribution in [3.63, 3.8) is 0 Å². The highest BCUT2D eigenvalue weighted by molar-refractivity contribution is 5.99. The van der Waals surface area contributed by atoms with Crippen LogP contribution in [0.3, 0.4) is 0 Å². The third-order valence-corrected chi connectivity index (χ3v) is 3.37. The number of hydrogen-bond donors (Lipinski definition) is 0. The van der Waals surface area contributed by atoms with Crippen LogP contribution in [-0.2, 0) is 9.53 Å². The zero-order valence-corrected chi connectivity index (χ0v) is 11.5. The van der Waals surface area contributed by atoms with Gasteiger partial charge in [-0.2, -0.15) is 0 Å². The van der Waals surface area contributed by atoms with Crippen molar-refractivity contribution in [3.8, 4) is 0 Å². The molecule has 4 heteroatoms. The Balaban J connectivity index is 2.80. The van der Waals surface area contributed by atoms with Crippen LogP contribution in [0.25, 0.3) is 0 Å². The number of rotatable bonds is 6. The molecule has 0 saturated carbocycles. The zero-order chi connectivity index (χ0) is 13.5. The third-order valence-electron chi connectivity index (χ3n) is 3.37. The Hall–Kier alpha value is -1.32. The van der Waals surface area contributed by atoms with E-state index in [-0.39, 0.29) is 11.9 Å². The lowest BCUT2D eigenvalue weighted by molar-refractivity contribution is -0.124. The standard InChI is InChI=1S/C14H23NO3/c1-4-7-9-13(16)15-12(10-18-14(15)17)11(6-3)8-5-2/h7,9,11-12H,4-6,8,10H2,1-3H3/b9-7+/t11?,12-/m0/s1. The van der Waals surface area contributed by atoms with E-state index in [9.17, 15) is 9.59 Å². The highest BCUT2D eigenvalue weighted by Crippen LogP contribution is 2.26. The average Bonchev–Trinajstić information content (AvgIpc) is 2.75. The van der Waals surface area contributed by atoms with Gasteiger partial charge in [-0.05, 0) is 24.8 Å². The Morgan fingerprint density at radius 1 is 1.50 bits per heavy atom. The quantitative estimate of drug-likeness (QED) is 0.683. The van der Waals surface area contributed by atoms with Gasteiger partial charge in [-0.1, -0.05) is 39.7 Å². The summed E-state index contributed by atoms with van der Waals surface area (Å²) < 4.78 is 5.04. The smallest absolute Gasteiger partial charge is 0.417 e. The van der Waals surface area contributed by atoms with E-state index < -0.39 is 6.09 Å². The van der Waals surface area contributed by atoms with E-state index >= 15 is 0 Å². The van der Waals surface area contributed by atoms with Crippen molar-refractivity contribution >= 4 is 12.0 Å². The van der Waals surface area contributed by atoms with Crippen molar-refractivity contribution in [2.45, 2.75) is 52.5 Å². The fourth-order valence-electron chi connectivity index (χ4n) is 2.37. The first kappa shape index (κ1) is 14.7. The van der Waals surface area contributed by atoms with Crippen molar-refractivity contribution in [1.82, 2.24) is 4.90 Å². The summed E-state index contributed by atoms with van der Waals surface area (Å²) in [6.45, 7) is 6.50.